The highest BCUT2D eigenvalue weighted by Crippen LogP contribution is 2.33. The molecule has 1 aliphatic heterocycles. The third-order valence-electron chi connectivity index (χ3n) is 5.41. The number of pyridine rings is 1. The summed E-state index contributed by atoms with van der Waals surface area (Å²) in [6.07, 6.45) is 3.84. The molecular formula is C24H22FN3O4S2. The number of thiocarbonyl (C=S) groups is 1. The summed E-state index contributed by atoms with van der Waals surface area (Å²) in [5.41, 5.74) is -0.393. The van der Waals surface area contributed by atoms with Gasteiger partial charge in [-0.3, -0.25) is 23.9 Å². The molecule has 0 radical (unpaired) electrons. The average molecular weight is 500 g/mol. The van der Waals surface area contributed by atoms with Gasteiger partial charge in [0.15, 0.2) is 5.78 Å². The van der Waals surface area contributed by atoms with E-state index in [1.165, 1.54) is 31.2 Å². The zero-order valence-electron chi connectivity index (χ0n) is 18.6. The molecule has 1 aromatic carbocycles. The molecule has 7 nitrogen and oxygen atoms in total. The molecule has 0 unspecified atom stereocenters. The number of ketones is 1. The Kier molecular flexibility index (Phi) is 8.02. The van der Waals surface area contributed by atoms with E-state index in [2.05, 4.69) is 0 Å². The zero-order chi connectivity index (χ0) is 25.0. The fourth-order valence-electron chi connectivity index (χ4n) is 3.58. The number of hydrogen-bond donors (Lipinski definition) is 1. The van der Waals surface area contributed by atoms with E-state index < -0.39 is 35.5 Å². The van der Waals surface area contributed by atoms with E-state index in [1.54, 1.807) is 6.08 Å². The number of nitriles is 1. The molecule has 0 saturated carbocycles. The van der Waals surface area contributed by atoms with Crippen molar-refractivity contribution in [3.05, 3.63) is 67.6 Å². The maximum atomic E-state index is 13.2. The summed E-state index contributed by atoms with van der Waals surface area (Å²) in [5.74, 6) is -2.06. The number of rotatable bonds is 8. The van der Waals surface area contributed by atoms with Crippen molar-refractivity contribution in [1.82, 2.24) is 9.47 Å². The molecule has 3 rings (SSSR count). The Morgan fingerprint density at radius 2 is 1.94 bits per heavy atom. The molecule has 2 aromatic rings. The van der Waals surface area contributed by atoms with Crippen molar-refractivity contribution in [3.8, 4) is 11.9 Å². The Morgan fingerprint density at radius 1 is 1.26 bits per heavy atom. The summed E-state index contributed by atoms with van der Waals surface area (Å²) >= 11 is 6.28. The molecule has 10 heteroatoms. The lowest BCUT2D eigenvalue weighted by molar-refractivity contribution is -0.121. The molecule has 1 amide bonds. The van der Waals surface area contributed by atoms with E-state index >= 15 is 0 Å². The van der Waals surface area contributed by atoms with Crippen LogP contribution in [0.25, 0.3) is 6.08 Å². The predicted octanol–water partition coefficient (Wildman–Crippen LogP) is 4.15. The molecule has 1 aliphatic rings. The van der Waals surface area contributed by atoms with Gasteiger partial charge >= 0.3 is 0 Å². The number of unbranched alkanes of at least 4 members (excludes halogenated alkanes) is 2. The zero-order valence-corrected chi connectivity index (χ0v) is 20.3. The van der Waals surface area contributed by atoms with Gasteiger partial charge in [0.05, 0.1) is 17.0 Å². The summed E-state index contributed by atoms with van der Waals surface area (Å²) in [6.45, 7) is 3.11. The number of carbonyl (C=O) groups excluding carboxylic acids is 2. The van der Waals surface area contributed by atoms with Crippen LogP contribution in [0.3, 0.4) is 0 Å². The first-order chi connectivity index (χ1) is 16.2. The standard InChI is InChI=1S/C24H22FN3O4S2/c1-3-4-5-10-27-21(30)17(12-26)14(2)20(23(27)32)18(29)13-28-22(31)19(34-24(28)33)11-15-6-8-16(25)9-7-15/h6-9,11,32H,3-5,10,13H2,1-2H3/b19-11-. The minimum Gasteiger partial charge on any atom is -0.494 e. The molecular weight excluding hydrogens is 477 g/mol. The number of benzene rings is 1. The van der Waals surface area contributed by atoms with Crippen molar-refractivity contribution in [1.29, 1.82) is 5.26 Å². The number of Topliss-reactive ketones (excluding diaryl/α,β-unsaturated/α-hetero) is 1. The van der Waals surface area contributed by atoms with Crippen molar-refractivity contribution < 1.29 is 19.1 Å². The summed E-state index contributed by atoms with van der Waals surface area (Å²) in [7, 11) is 0. The van der Waals surface area contributed by atoms with Gasteiger partial charge in [-0.05, 0) is 42.7 Å². The molecule has 1 saturated heterocycles. The van der Waals surface area contributed by atoms with Crippen LogP contribution in [0.1, 0.15) is 53.2 Å². The quantitative estimate of drug-likeness (QED) is 0.252. The summed E-state index contributed by atoms with van der Waals surface area (Å²) < 4.78 is 14.3. The van der Waals surface area contributed by atoms with Gasteiger partial charge in [0, 0.05) is 6.54 Å². The number of amides is 1. The van der Waals surface area contributed by atoms with E-state index in [9.17, 15) is 29.1 Å². The second-order valence-corrected chi connectivity index (χ2v) is 9.39. The maximum absolute atomic E-state index is 13.2. The highest BCUT2D eigenvalue weighted by Gasteiger charge is 2.35. The van der Waals surface area contributed by atoms with Crippen LogP contribution < -0.4 is 5.56 Å². The van der Waals surface area contributed by atoms with Crippen LogP contribution in [0.5, 0.6) is 5.88 Å². The van der Waals surface area contributed by atoms with E-state index in [-0.39, 0.29) is 32.5 Å². The summed E-state index contributed by atoms with van der Waals surface area (Å²) in [6, 6.07) is 7.39. The van der Waals surface area contributed by atoms with Crippen molar-refractivity contribution in [2.75, 3.05) is 6.54 Å². The van der Waals surface area contributed by atoms with Crippen LogP contribution in [0, 0.1) is 24.1 Å². The summed E-state index contributed by atoms with van der Waals surface area (Å²) in [5, 5.41) is 20.2. The Balaban J connectivity index is 1.91. The Labute approximate surface area is 205 Å². The molecule has 1 N–H and O–H groups in total. The number of carbonyl (C=O) groups is 2. The molecule has 176 valence electrons. The molecule has 1 fully saturated rings. The minimum absolute atomic E-state index is 0.0639. The molecule has 0 atom stereocenters. The van der Waals surface area contributed by atoms with Crippen LogP contribution in [0.4, 0.5) is 4.39 Å². The van der Waals surface area contributed by atoms with Crippen molar-refractivity contribution in [2.24, 2.45) is 0 Å². The Hall–Kier alpha value is -3.29. The monoisotopic (exact) mass is 499 g/mol. The second-order valence-electron chi connectivity index (χ2n) is 7.72. The molecule has 1 aromatic heterocycles. The molecule has 2 heterocycles. The van der Waals surface area contributed by atoms with Gasteiger partial charge < -0.3 is 5.11 Å². The maximum Gasteiger partial charge on any atom is 0.271 e. The number of nitrogens with zero attached hydrogens (tertiary/aromatic N) is 3. The molecule has 0 aliphatic carbocycles. The van der Waals surface area contributed by atoms with E-state index in [4.69, 9.17) is 12.2 Å². The van der Waals surface area contributed by atoms with Crippen LogP contribution in [0.15, 0.2) is 34.0 Å². The number of aromatic nitrogens is 1. The van der Waals surface area contributed by atoms with E-state index in [1.807, 2.05) is 13.0 Å². The third-order valence-corrected chi connectivity index (χ3v) is 6.79. The number of hydrogen-bond acceptors (Lipinski definition) is 7. The third kappa shape index (κ3) is 5.11. The van der Waals surface area contributed by atoms with Gasteiger partial charge in [-0.25, -0.2) is 4.39 Å². The largest absolute Gasteiger partial charge is 0.494 e. The van der Waals surface area contributed by atoms with Gasteiger partial charge in [-0.2, -0.15) is 5.26 Å². The first-order valence-electron chi connectivity index (χ1n) is 10.6. The Morgan fingerprint density at radius 3 is 2.56 bits per heavy atom. The highest BCUT2D eigenvalue weighted by molar-refractivity contribution is 8.26. The van der Waals surface area contributed by atoms with Crippen molar-refractivity contribution in [3.63, 3.8) is 0 Å². The normalized spacial score (nSPS) is 14.6. The minimum atomic E-state index is -0.655. The lowest BCUT2D eigenvalue weighted by Crippen LogP contribution is -2.35. The van der Waals surface area contributed by atoms with Crippen LogP contribution in [-0.2, 0) is 11.3 Å². The fourth-order valence-corrected chi connectivity index (χ4v) is 4.84. The van der Waals surface area contributed by atoms with Gasteiger partial charge in [-0.15, -0.1) is 0 Å². The number of thioether (sulfide) groups is 1. The van der Waals surface area contributed by atoms with Crippen LogP contribution in [0.2, 0.25) is 0 Å². The number of aromatic hydroxyl groups is 1. The topological polar surface area (TPSA) is 103 Å². The lowest BCUT2D eigenvalue weighted by Gasteiger charge is -2.18. The van der Waals surface area contributed by atoms with Gasteiger partial charge in [0.1, 0.15) is 21.8 Å². The van der Waals surface area contributed by atoms with Gasteiger partial charge in [-0.1, -0.05) is 55.9 Å². The first kappa shape index (κ1) is 25.3. The first-order valence-corrected chi connectivity index (χ1v) is 11.8. The molecule has 0 spiro atoms. The van der Waals surface area contributed by atoms with Gasteiger partial charge in [0.2, 0.25) is 5.88 Å². The van der Waals surface area contributed by atoms with Crippen LogP contribution in [-0.4, -0.2) is 37.1 Å². The highest BCUT2D eigenvalue weighted by atomic mass is 32.2. The van der Waals surface area contributed by atoms with Gasteiger partial charge in [0.25, 0.3) is 11.5 Å². The second kappa shape index (κ2) is 10.8. The fraction of sp³-hybridized carbons (Fsp3) is 0.292. The molecule has 0 bridgehead atoms. The Bertz CT molecular complexity index is 1290. The van der Waals surface area contributed by atoms with E-state index in [0.717, 1.165) is 34.1 Å². The summed E-state index contributed by atoms with van der Waals surface area (Å²) in [4.78, 5) is 40.1. The SMILES string of the molecule is CCCCCn1c(O)c(C(=O)CN2C(=O)/C(=C/c3ccc(F)cc3)SC2=S)c(C)c(C#N)c1=O. The number of halogens is 1. The average Bonchev–Trinajstić information content (AvgIpc) is 3.05. The lowest BCUT2D eigenvalue weighted by atomic mass is 10.0. The van der Waals surface area contributed by atoms with E-state index in [0.29, 0.717) is 12.0 Å². The van der Waals surface area contributed by atoms with Crippen molar-refractivity contribution in [2.45, 2.75) is 39.7 Å². The van der Waals surface area contributed by atoms with Crippen molar-refractivity contribution >= 4 is 46.1 Å². The molecule has 34 heavy (non-hydrogen) atoms. The smallest absolute Gasteiger partial charge is 0.271 e. The van der Waals surface area contributed by atoms with Crippen LogP contribution >= 0.6 is 24.0 Å². The predicted molar refractivity (Wildman–Crippen MR) is 132 cm³/mol.